The molecule has 0 spiro atoms. The summed E-state index contributed by atoms with van der Waals surface area (Å²) in [5.74, 6) is -4.70. The zero-order valence-corrected chi connectivity index (χ0v) is 11.6. The van der Waals surface area contributed by atoms with Crippen molar-refractivity contribution in [1.82, 2.24) is 5.32 Å². The van der Waals surface area contributed by atoms with Crippen molar-refractivity contribution in [2.45, 2.75) is 26.7 Å². The minimum Gasteiger partial charge on any atom is -0.316 e. The summed E-state index contributed by atoms with van der Waals surface area (Å²) in [6, 6.07) is 1.81. The van der Waals surface area contributed by atoms with E-state index in [2.05, 4.69) is 5.32 Å². The molecule has 2 nitrogen and oxygen atoms in total. The molecule has 1 N–H and O–H groups in total. The second kappa shape index (κ2) is 5.56. The van der Waals surface area contributed by atoms with E-state index in [1.165, 1.54) is 0 Å². The molecule has 1 atom stereocenters. The highest BCUT2D eigenvalue weighted by atomic mass is 19.2. The summed E-state index contributed by atoms with van der Waals surface area (Å²) in [5, 5.41) is 3.20. The molecule has 1 fully saturated rings. The Morgan fingerprint density at radius 1 is 1.25 bits per heavy atom. The Balaban J connectivity index is 2.32. The Morgan fingerprint density at radius 2 is 1.95 bits per heavy atom. The van der Waals surface area contributed by atoms with E-state index in [-0.39, 0.29) is 11.5 Å². The van der Waals surface area contributed by atoms with E-state index in [0.717, 1.165) is 31.5 Å². The number of nitrogens with one attached hydrogen (secondary N) is 1. The number of carbonyl (C=O) groups excluding carboxylic acids is 1. The molecule has 1 unspecified atom stereocenters. The Morgan fingerprint density at radius 3 is 2.55 bits per heavy atom. The molecule has 0 aliphatic carbocycles. The van der Waals surface area contributed by atoms with Crippen LogP contribution in [-0.4, -0.2) is 18.9 Å². The maximum atomic E-state index is 13.8. The summed E-state index contributed by atoms with van der Waals surface area (Å²) in [5.41, 5.74) is -1.20. The van der Waals surface area contributed by atoms with Crippen LogP contribution in [0.15, 0.2) is 12.1 Å². The number of rotatable bonds is 3. The first-order valence-electron chi connectivity index (χ1n) is 6.74. The van der Waals surface area contributed by atoms with Crippen molar-refractivity contribution in [3.05, 3.63) is 35.1 Å². The summed E-state index contributed by atoms with van der Waals surface area (Å²) < 4.78 is 40.0. The van der Waals surface area contributed by atoms with Gasteiger partial charge in [-0.1, -0.05) is 13.8 Å². The number of piperidine rings is 1. The van der Waals surface area contributed by atoms with Crippen molar-refractivity contribution >= 4 is 5.78 Å². The van der Waals surface area contributed by atoms with Crippen molar-refractivity contribution in [3.63, 3.8) is 0 Å². The summed E-state index contributed by atoms with van der Waals surface area (Å²) in [6.07, 6.45) is 1.80. The zero-order valence-electron chi connectivity index (χ0n) is 11.6. The van der Waals surface area contributed by atoms with Crippen molar-refractivity contribution in [1.29, 1.82) is 0 Å². The summed E-state index contributed by atoms with van der Waals surface area (Å²) in [7, 11) is 0. The zero-order chi connectivity index (χ0) is 14.9. The molecule has 1 aromatic rings. The van der Waals surface area contributed by atoms with Crippen molar-refractivity contribution in [2.24, 2.45) is 11.3 Å². The SMILES string of the molecule is CC(C)(C(=O)c1ccc(F)c(F)c1F)C1CCCNC1. The average molecular weight is 285 g/mol. The van der Waals surface area contributed by atoms with Gasteiger partial charge in [0.25, 0.3) is 0 Å². The predicted molar refractivity (Wildman–Crippen MR) is 70.0 cm³/mol. The third-order valence-corrected chi connectivity index (χ3v) is 4.18. The quantitative estimate of drug-likeness (QED) is 0.682. The number of hydrogen-bond acceptors (Lipinski definition) is 2. The van der Waals surface area contributed by atoms with Crippen molar-refractivity contribution < 1.29 is 18.0 Å². The number of halogens is 3. The fraction of sp³-hybridized carbons (Fsp3) is 0.533. The fourth-order valence-electron chi connectivity index (χ4n) is 2.70. The Hall–Kier alpha value is -1.36. The smallest absolute Gasteiger partial charge is 0.195 e. The third kappa shape index (κ3) is 2.59. The first kappa shape index (κ1) is 15.0. The molecule has 0 radical (unpaired) electrons. The lowest BCUT2D eigenvalue weighted by Crippen LogP contribution is -2.42. The monoisotopic (exact) mass is 285 g/mol. The normalized spacial score (nSPS) is 19.9. The van der Waals surface area contributed by atoms with Gasteiger partial charge in [-0.25, -0.2) is 13.2 Å². The van der Waals surface area contributed by atoms with E-state index in [1.54, 1.807) is 13.8 Å². The van der Waals surface area contributed by atoms with Gasteiger partial charge in [-0.15, -0.1) is 0 Å². The van der Waals surface area contributed by atoms with Gasteiger partial charge >= 0.3 is 0 Å². The van der Waals surface area contributed by atoms with Crippen molar-refractivity contribution in [3.8, 4) is 0 Å². The highest BCUT2D eigenvalue weighted by Gasteiger charge is 2.39. The molecular formula is C15H18F3NO. The van der Waals surface area contributed by atoms with Gasteiger partial charge in [0.15, 0.2) is 23.2 Å². The second-order valence-electron chi connectivity index (χ2n) is 5.82. The van der Waals surface area contributed by atoms with Crippen LogP contribution < -0.4 is 5.32 Å². The number of benzene rings is 1. The first-order chi connectivity index (χ1) is 9.35. The largest absolute Gasteiger partial charge is 0.316 e. The number of Topliss-reactive ketones (excluding diaryl/α,β-unsaturated/α-hetero) is 1. The standard InChI is InChI=1S/C15H18F3NO/c1-15(2,9-4-3-7-19-8-9)14(20)10-5-6-11(16)13(18)12(10)17/h5-6,9,19H,3-4,7-8H2,1-2H3. The Kier molecular flexibility index (Phi) is 4.18. The van der Waals surface area contributed by atoms with Gasteiger partial charge < -0.3 is 5.32 Å². The molecule has 1 aliphatic heterocycles. The lowest BCUT2D eigenvalue weighted by Gasteiger charge is -2.36. The van der Waals surface area contributed by atoms with Crippen LogP contribution in [-0.2, 0) is 0 Å². The van der Waals surface area contributed by atoms with Gasteiger partial charge in [0.2, 0.25) is 0 Å². The van der Waals surface area contributed by atoms with Crippen LogP contribution in [0.5, 0.6) is 0 Å². The molecule has 5 heteroatoms. The van der Waals surface area contributed by atoms with Crippen LogP contribution in [0.3, 0.4) is 0 Å². The molecule has 1 aliphatic rings. The topological polar surface area (TPSA) is 29.1 Å². The van der Waals surface area contributed by atoms with Gasteiger partial charge in [-0.2, -0.15) is 0 Å². The van der Waals surface area contributed by atoms with E-state index in [9.17, 15) is 18.0 Å². The molecule has 2 rings (SSSR count). The van der Waals surface area contributed by atoms with Crippen LogP contribution in [0.2, 0.25) is 0 Å². The summed E-state index contributed by atoms with van der Waals surface area (Å²) in [4.78, 5) is 12.5. The van der Waals surface area contributed by atoms with E-state index < -0.39 is 28.6 Å². The Labute approximate surface area is 116 Å². The molecule has 0 bridgehead atoms. The fourth-order valence-corrected chi connectivity index (χ4v) is 2.70. The maximum absolute atomic E-state index is 13.8. The molecule has 0 aromatic heterocycles. The summed E-state index contributed by atoms with van der Waals surface area (Å²) in [6.45, 7) is 5.03. The van der Waals surface area contributed by atoms with Gasteiger partial charge in [0.1, 0.15) is 0 Å². The van der Waals surface area contributed by atoms with Crippen LogP contribution in [0, 0.1) is 28.8 Å². The Bertz CT molecular complexity index is 522. The maximum Gasteiger partial charge on any atom is 0.195 e. The van der Waals surface area contributed by atoms with Gasteiger partial charge in [0, 0.05) is 5.41 Å². The molecule has 1 heterocycles. The lowest BCUT2D eigenvalue weighted by molar-refractivity contribution is 0.0702. The van der Waals surface area contributed by atoms with E-state index in [4.69, 9.17) is 0 Å². The summed E-state index contributed by atoms with van der Waals surface area (Å²) >= 11 is 0. The van der Waals surface area contributed by atoms with Gasteiger partial charge in [0.05, 0.1) is 5.56 Å². The average Bonchev–Trinajstić information content (AvgIpc) is 2.45. The highest BCUT2D eigenvalue weighted by molar-refractivity contribution is 6.00. The molecule has 0 saturated carbocycles. The van der Waals surface area contributed by atoms with Crippen LogP contribution in [0.4, 0.5) is 13.2 Å². The van der Waals surface area contributed by atoms with E-state index >= 15 is 0 Å². The second-order valence-corrected chi connectivity index (χ2v) is 5.82. The lowest BCUT2D eigenvalue weighted by atomic mass is 9.70. The first-order valence-corrected chi connectivity index (χ1v) is 6.74. The number of carbonyl (C=O) groups is 1. The third-order valence-electron chi connectivity index (χ3n) is 4.18. The van der Waals surface area contributed by atoms with Gasteiger partial charge in [-0.05, 0) is 44.0 Å². The predicted octanol–water partition coefficient (Wildman–Crippen LogP) is 3.31. The van der Waals surface area contributed by atoms with E-state index in [0.29, 0.717) is 6.54 Å². The molecule has 20 heavy (non-hydrogen) atoms. The number of hydrogen-bond donors (Lipinski definition) is 1. The van der Waals surface area contributed by atoms with E-state index in [1.807, 2.05) is 0 Å². The number of ketones is 1. The van der Waals surface area contributed by atoms with Crippen LogP contribution in [0.25, 0.3) is 0 Å². The van der Waals surface area contributed by atoms with Crippen LogP contribution >= 0.6 is 0 Å². The molecule has 1 aromatic carbocycles. The van der Waals surface area contributed by atoms with Crippen molar-refractivity contribution in [2.75, 3.05) is 13.1 Å². The molecule has 0 amide bonds. The minimum absolute atomic E-state index is 0.0521. The van der Waals surface area contributed by atoms with Crippen LogP contribution in [0.1, 0.15) is 37.0 Å². The molecule has 1 saturated heterocycles. The molecule has 110 valence electrons. The minimum atomic E-state index is -1.59. The molecular weight excluding hydrogens is 267 g/mol. The van der Waals surface area contributed by atoms with Gasteiger partial charge in [-0.3, -0.25) is 4.79 Å². The highest BCUT2D eigenvalue weighted by Crippen LogP contribution is 2.36.